The number of aromatic nitrogens is 1. The van der Waals surface area contributed by atoms with E-state index in [-0.39, 0.29) is 0 Å². The van der Waals surface area contributed by atoms with Crippen LogP contribution in [0.5, 0.6) is 0 Å². The lowest BCUT2D eigenvalue weighted by Gasteiger charge is -2.14. The van der Waals surface area contributed by atoms with Crippen LogP contribution in [0.15, 0.2) is 18.3 Å². The van der Waals surface area contributed by atoms with Crippen molar-refractivity contribution in [2.75, 3.05) is 0 Å². The molecule has 0 radical (unpaired) electrons. The molecule has 80 valence electrons. The fourth-order valence-corrected chi connectivity index (χ4v) is 1.97. The molecule has 1 aliphatic rings. The van der Waals surface area contributed by atoms with E-state index in [1.54, 1.807) is 6.07 Å². The second kappa shape index (κ2) is 3.36. The molecule has 1 atom stereocenters. The molecule has 0 amide bonds. The number of Topliss-reactive ketones (excluding diaryl/α,β-unsaturated/α-hetero) is 1. The van der Waals surface area contributed by atoms with E-state index >= 15 is 0 Å². The minimum Gasteiger partial charge on any atom is -0.292 e. The fraction of sp³-hybridized carbons (Fsp3) is 0.455. The number of rotatable bonds is 2. The predicted molar refractivity (Wildman–Crippen MR) is 50.9 cm³/mol. The SMILES string of the molecule is CC(F)(F)C(=O)C1CCc2cccnc21. The van der Waals surface area contributed by atoms with Crippen LogP contribution in [-0.2, 0) is 11.2 Å². The molecule has 2 rings (SSSR count). The van der Waals surface area contributed by atoms with Crippen molar-refractivity contribution in [1.82, 2.24) is 4.98 Å². The Morgan fingerprint density at radius 3 is 3.00 bits per heavy atom. The third-order valence-electron chi connectivity index (χ3n) is 2.71. The van der Waals surface area contributed by atoms with Gasteiger partial charge in [-0.25, -0.2) is 0 Å². The Kier molecular flexibility index (Phi) is 2.29. The van der Waals surface area contributed by atoms with E-state index in [2.05, 4.69) is 4.98 Å². The van der Waals surface area contributed by atoms with Crippen molar-refractivity contribution >= 4 is 5.78 Å². The highest BCUT2D eigenvalue weighted by Gasteiger charge is 2.41. The Hall–Kier alpha value is -1.32. The second-order valence-corrected chi connectivity index (χ2v) is 3.89. The van der Waals surface area contributed by atoms with E-state index in [0.29, 0.717) is 25.5 Å². The van der Waals surface area contributed by atoms with E-state index in [4.69, 9.17) is 0 Å². The molecule has 1 unspecified atom stereocenters. The Balaban J connectivity index is 2.32. The molecule has 2 nitrogen and oxygen atoms in total. The number of ketones is 1. The van der Waals surface area contributed by atoms with Gasteiger partial charge in [-0.05, 0) is 24.5 Å². The molecule has 1 aromatic heterocycles. The van der Waals surface area contributed by atoms with Crippen LogP contribution in [0.2, 0.25) is 0 Å². The van der Waals surface area contributed by atoms with Crippen molar-refractivity contribution in [2.24, 2.45) is 0 Å². The molecular formula is C11H11F2NO. The average Bonchev–Trinajstić information content (AvgIpc) is 2.58. The Morgan fingerprint density at radius 2 is 2.33 bits per heavy atom. The quantitative estimate of drug-likeness (QED) is 0.751. The lowest BCUT2D eigenvalue weighted by atomic mass is 9.97. The van der Waals surface area contributed by atoms with Crippen LogP contribution < -0.4 is 0 Å². The van der Waals surface area contributed by atoms with E-state index in [1.807, 2.05) is 6.07 Å². The summed E-state index contributed by atoms with van der Waals surface area (Å²) < 4.78 is 25.8. The number of pyridine rings is 1. The standard InChI is InChI=1S/C11H11F2NO/c1-11(12,13)10(15)8-5-4-7-3-2-6-14-9(7)8/h2-3,6,8H,4-5H2,1H3. The van der Waals surface area contributed by atoms with Crippen LogP contribution in [0.25, 0.3) is 0 Å². The fourth-order valence-electron chi connectivity index (χ4n) is 1.97. The summed E-state index contributed by atoms with van der Waals surface area (Å²) in [6.45, 7) is 0.649. The van der Waals surface area contributed by atoms with Gasteiger partial charge in [0.15, 0.2) is 0 Å². The summed E-state index contributed by atoms with van der Waals surface area (Å²) in [6, 6.07) is 3.60. The largest absolute Gasteiger partial charge is 0.303 e. The first-order valence-electron chi connectivity index (χ1n) is 4.86. The van der Waals surface area contributed by atoms with Crippen molar-refractivity contribution in [2.45, 2.75) is 31.6 Å². The highest BCUT2D eigenvalue weighted by atomic mass is 19.3. The summed E-state index contributed by atoms with van der Waals surface area (Å²) in [5.74, 6) is -5.00. The normalized spacial score (nSPS) is 20.1. The highest BCUT2D eigenvalue weighted by Crippen LogP contribution is 2.35. The molecule has 0 fully saturated rings. The van der Waals surface area contributed by atoms with E-state index in [1.165, 1.54) is 6.20 Å². The number of hydrogen-bond donors (Lipinski definition) is 0. The van der Waals surface area contributed by atoms with Gasteiger partial charge in [0.2, 0.25) is 5.78 Å². The smallest absolute Gasteiger partial charge is 0.292 e. The lowest BCUT2D eigenvalue weighted by Crippen LogP contribution is -2.29. The van der Waals surface area contributed by atoms with Crippen LogP contribution in [0.1, 0.15) is 30.5 Å². The summed E-state index contributed by atoms with van der Waals surface area (Å²) >= 11 is 0. The summed E-state index contributed by atoms with van der Waals surface area (Å²) in [4.78, 5) is 15.5. The number of alkyl halides is 2. The van der Waals surface area contributed by atoms with Crippen molar-refractivity contribution in [3.63, 3.8) is 0 Å². The summed E-state index contributed by atoms with van der Waals surface area (Å²) in [7, 11) is 0. The third-order valence-corrected chi connectivity index (χ3v) is 2.71. The van der Waals surface area contributed by atoms with Crippen molar-refractivity contribution in [3.05, 3.63) is 29.6 Å². The highest BCUT2D eigenvalue weighted by molar-refractivity contribution is 5.91. The number of carbonyl (C=O) groups excluding carboxylic acids is 1. The second-order valence-electron chi connectivity index (χ2n) is 3.89. The average molecular weight is 211 g/mol. The zero-order chi connectivity index (χ0) is 11.1. The van der Waals surface area contributed by atoms with Gasteiger partial charge in [0.25, 0.3) is 0 Å². The molecule has 0 aromatic carbocycles. The number of hydrogen-bond acceptors (Lipinski definition) is 2. The number of carbonyl (C=O) groups is 1. The number of halogens is 2. The first kappa shape index (κ1) is 10.2. The van der Waals surface area contributed by atoms with Crippen molar-refractivity contribution in [1.29, 1.82) is 0 Å². The molecule has 0 spiro atoms. The number of nitrogens with zero attached hydrogens (tertiary/aromatic N) is 1. The maximum atomic E-state index is 12.9. The van der Waals surface area contributed by atoms with Crippen LogP contribution in [0.4, 0.5) is 8.78 Å². The van der Waals surface area contributed by atoms with Crippen molar-refractivity contribution in [3.8, 4) is 0 Å². The van der Waals surface area contributed by atoms with Gasteiger partial charge in [0, 0.05) is 13.1 Å². The van der Waals surface area contributed by atoms with Gasteiger partial charge in [-0.2, -0.15) is 8.78 Å². The van der Waals surface area contributed by atoms with Crippen LogP contribution in [-0.4, -0.2) is 16.7 Å². The number of fused-ring (bicyclic) bond motifs is 1. The molecule has 1 aliphatic carbocycles. The maximum Gasteiger partial charge on any atom is 0.303 e. The third kappa shape index (κ3) is 1.76. The topological polar surface area (TPSA) is 30.0 Å². The monoisotopic (exact) mass is 211 g/mol. The zero-order valence-electron chi connectivity index (χ0n) is 8.34. The van der Waals surface area contributed by atoms with E-state index in [9.17, 15) is 13.6 Å². The molecule has 0 saturated carbocycles. The van der Waals surface area contributed by atoms with Gasteiger partial charge < -0.3 is 0 Å². The molecule has 1 heterocycles. The van der Waals surface area contributed by atoms with Crippen LogP contribution in [0, 0.1) is 0 Å². The minimum atomic E-state index is -3.26. The van der Waals surface area contributed by atoms with E-state index < -0.39 is 17.6 Å². The zero-order valence-corrected chi connectivity index (χ0v) is 8.34. The Labute approximate surface area is 86.3 Å². The number of aryl methyl sites for hydroxylation is 1. The molecule has 0 aliphatic heterocycles. The summed E-state index contributed by atoms with van der Waals surface area (Å²) in [5, 5.41) is 0. The molecule has 0 saturated heterocycles. The molecule has 0 N–H and O–H groups in total. The lowest BCUT2D eigenvalue weighted by molar-refractivity contribution is -0.142. The minimum absolute atomic E-state index is 0.453. The van der Waals surface area contributed by atoms with Gasteiger partial charge in [-0.15, -0.1) is 0 Å². The molecule has 4 heteroatoms. The first-order chi connectivity index (χ1) is 7.00. The van der Waals surface area contributed by atoms with Crippen LogP contribution in [0.3, 0.4) is 0 Å². The molecular weight excluding hydrogens is 200 g/mol. The molecule has 15 heavy (non-hydrogen) atoms. The molecule has 1 aromatic rings. The Bertz CT molecular complexity index is 398. The van der Waals surface area contributed by atoms with Gasteiger partial charge >= 0.3 is 5.92 Å². The van der Waals surface area contributed by atoms with Crippen LogP contribution >= 0.6 is 0 Å². The molecule has 0 bridgehead atoms. The van der Waals surface area contributed by atoms with Gasteiger partial charge in [0.05, 0.1) is 11.6 Å². The van der Waals surface area contributed by atoms with Crippen molar-refractivity contribution < 1.29 is 13.6 Å². The Morgan fingerprint density at radius 1 is 1.60 bits per heavy atom. The predicted octanol–water partition coefficient (Wildman–Crippen LogP) is 2.34. The van der Waals surface area contributed by atoms with E-state index in [0.717, 1.165) is 5.56 Å². The maximum absolute atomic E-state index is 12.9. The summed E-state index contributed by atoms with van der Waals surface area (Å²) in [6.07, 6.45) is 2.66. The van der Waals surface area contributed by atoms with Gasteiger partial charge in [0.1, 0.15) is 0 Å². The summed E-state index contributed by atoms with van der Waals surface area (Å²) in [5.41, 5.74) is 1.45. The van der Waals surface area contributed by atoms with Gasteiger partial charge in [-0.3, -0.25) is 9.78 Å². The van der Waals surface area contributed by atoms with Gasteiger partial charge in [-0.1, -0.05) is 6.07 Å². The first-order valence-corrected chi connectivity index (χ1v) is 4.86.